The minimum absolute atomic E-state index is 0.0882. The molecule has 0 saturated heterocycles. The Morgan fingerprint density at radius 3 is 2.43 bits per heavy atom. The fourth-order valence-electron chi connectivity index (χ4n) is 1.19. The summed E-state index contributed by atoms with van der Waals surface area (Å²) in [6.07, 6.45) is 0. The van der Waals surface area contributed by atoms with Gasteiger partial charge in [0, 0.05) is 6.04 Å². The molecular weight excluding hydrogens is 219 g/mol. The minimum Gasteiger partial charge on any atom is -0.330 e. The first kappa shape index (κ1) is 11.8. The zero-order valence-corrected chi connectivity index (χ0v) is 9.52. The molecule has 0 aliphatic carbocycles. The maximum Gasteiger partial charge on any atom is 0.0595 e. The summed E-state index contributed by atoms with van der Waals surface area (Å²) in [5, 5.41) is 1.08. The van der Waals surface area contributed by atoms with Crippen LogP contribution in [0.15, 0.2) is 18.2 Å². The van der Waals surface area contributed by atoms with Crippen molar-refractivity contribution in [1.82, 2.24) is 0 Å². The van der Waals surface area contributed by atoms with Gasteiger partial charge in [-0.05, 0) is 30.2 Å². The van der Waals surface area contributed by atoms with Crippen molar-refractivity contribution in [2.75, 3.05) is 6.54 Å². The van der Waals surface area contributed by atoms with E-state index in [4.69, 9.17) is 34.7 Å². The molecule has 2 unspecified atom stereocenters. The maximum absolute atomic E-state index is 5.99. The first-order chi connectivity index (χ1) is 6.56. The molecule has 0 aliphatic rings. The van der Waals surface area contributed by atoms with Gasteiger partial charge >= 0.3 is 0 Å². The summed E-state index contributed by atoms with van der Waals surface area (Å²) < 4.78 is 0. The zero-order valence-electron chi connectivity index (χ0n) is 8.00. The summed E-state index contributed by atoms with van der Waals surface area (Å²) in [5.41, 5.74) is 12.5. The second-order valence-corrected chi connectivity index (χ2v) is 4.23. The second-order valence-electron chi connectivity index (χ2n) is 3.41. The van der Waals surface area contributed by atoms with E-state index in [-0.39, 0.29) is 12.0 Å². The van der Waals surface area contributed by atoms with Crippen LogP contribution in [0.2, 0.25) is 10.0 Å². The molecule has 0 saturated carbocycles. The van der Waals surface area contributed by atoms with Crippen molar-refractivity contribution < 1.29 is 0 Å². The van der Waals surface area contributed by atoms with Gasteiger partial charge in [-0.2, -0.15) is 0 Å². The highest BCUT2D eigenvalue weighted by molar-refractivity contribution is 6.42. The SMILES string of the molecule is CC(CN)C(N)c1ccc(Cl)c(Cl)c1. The fourth-order valence-corrected chi connectivity index (χ4v) is 1.50. The summed E-state index contributed by atoms with van der Waals surface area (Å²) in [7, 11) is 0. The molecule has 0 aliphatic heterocycles. The summed E-state index contributed by atoms with van der Waals surface area (Å²) in [5.74, 6) is 0.229. The third-order valence-electron chi connectivity index (χ3n) is 2.31. The van der Waals surface area contributed by atoms with Gasteiger partial charge in [0.05, 0.1) is 10.0 Å². The monoisotopic (exact) mass is 232 g/mol. The lowest BCUT2D eigenvalue weighted by molar-refractivity contribution is 0.481. The highest BCUT2D eigenvalue weighted by atomic mass is 35.5. The fraction of sp³-hybridized carbons (Fsp3) is 0.400. The molecule has 1 aromatic rings. The van der Waals surface area contributed by atoms with Gasteiger partial charge in [0.15, 0.2) is 0 Å². The molecule has 1 aromatic carbocycles. The Morgan fingerprint density at radius 1 is 1.29 bits per heavy atom. The lowest BCUT2D eigenvalue weighted by Gasteiger charge is -2.18. The van der Waals surface area contributed by atoms with Gasteiger partial charge in [0.1, 0.15) is 0 Å². The van der Waals surface area contributed by atoms with Crippen molar-refractivity contribution in [3.63, 3.8) is 0 Å². The molecule has 0 fully saturated rings. The Bertz CT molecular complexity index is 315. The van der Waals surface area contributed by atoms with Gasteiger partial charge in [-0.3, -0.25) is 0 Å². The highest BCUT2D eigenvalue weighted by Gasteiger charge is 2.14. The summed E-state index contributed by atoms with van der Waals surface area (Å²) in [6.45, 7) is 2.56. The first-order valence-electron chi connectivity index (χ1n) is 4.47. The van der Waals surface area contributed by atoms with Gasteiger partial charge in [0.2, 0.25) is 0 Å². The topological polar surface area (TPSA) is 52.0 Å². The lowest BCUT2D eigenvalue weighted by atomic mass is 9.96. The smallest absolute Gasteiger partial charge is 0.0595 e. The Hall–Kier alpha value is -0.280. The third-order valence-corrected chi connectivity index (χ3v) is 3.05. The Labute approximate surface area is 94.2 Å². The molecule has 0 spiro atoms. The number of benzene rings is 1. The predicted molar refractivity (Wildman–Crippen MR) is 61.6 cm³/mol. The highest BCUT2D eigenvalue weighted by Crippen LogP contribution is 2.27. The van der Waals surface area contributed by atoms with Crippen LogP contribution in [-0.4, -0.2) is 6.54 Å². The average Bonchev–Trinajstić information content (AvgIpc) is 2.20. The Kier molecular flexibility index (Phi) is 4.20. The van der Waals surface area contributed by atoms with Crippen molar-refractivity contribution in [3.8, 4) is 0 Å². The van der Waals surface area contributed by atoms with Crippen LogP contribution in [0, 0.1) is 5.92 Å². The van der Waals surface area contributed by atoms with Crippen LogP contribution in [0.3, 0.4) is 0 Å². The van der Waals surface area contributed by atoms with Gasteiger partial charge in [-0.15, -0.1) is 0 Å². The van der Waals surface area contributed by atoms with Crippen LogP contribution in [0.1, 0.15) is 18.5 Å². The van der Waals surface area contributed by atoms with E-state index in [9.17, 15) is 0 Å². The molecule has 0 heterocycles. The van der Waals surface area contributed by atoms with E-state index < -0.39 is 0 Å². The molecule has 0 radical (unpaired) electrons. The van der Waals surface area contributed by atoms with Crippen LogP contribution >= 0.6 is 23.2 Å². The number of hydrogen-bond donors (Lipinski definition) is 2. The quantitative estimate of drug-likeness (QED) is 0.842. The van der Waals surface area contributed by atoms with E-state index >= 15 is 0 Å². The molecule has 1 rings (SSSR count). The molecule has 0 amide bonds. The van der Waals surface area contributed by atoms with Crippen molar-refractivity contribution in [2.24, 2.45) is 17.4 Å². The standard InChI is InChI=1S/C10H14Cl2N2/c1-6(5-13)10(14)7-2-3-8(11)9(12)4-7/h2-4,6,10H,5,13-14H2,1H3. The summed E-state index contributed by atoms with van der Waals surface area (Å²) >= 11 is 11.7. The van der Waals surface area contributed by atoms with Crippen LogP contribution < -0.4 is 11.5 Å². The number of nitrogens with two attached hydrogens (primary N) is 2. The molecule has 0 bridgehead atoms. The second kappa shape index (κ2) is 4.99. The molecular formula is C10H14Cl2N2. The van der Waals surface area contributed by atoms with E-state index in [1.807, 2.05) is 13.0 Å². The van der Waals surface area contributed by atoms with Crippen molar-refractivity contribution >= 4 is 23.2 Å². The average molecular weight is 233 g/mol. The van der Waals surface area contributed by atoms with Crippen molar-refractivity contribution in [3.05, 3.63) is 33.8 Å². The molecule has 14 heavy (non-hydrogen) atoms. The van der Waals surface area contributed by atoms with Crippen LogP contribution in [0.5, 0.6) is 0 Å². The van der Waals surface area contributed by atoms with E-state index in [0.717, 1.165) is 5.56 Å². The van der Waals surface area contributed by atoms with Crippen molar-refractivity contribution in [1.29, 1.82) is 0 Å². The lowest BCUT2D eigenvalue weighted by Crippen LogP contribution is -2.25. The van der Waals surface area contributed by atoms with Crippen LogP contribution in [-0.2, 0) is 0 Å². The minimum atomic E-state index is -0.0882. The van der Waals surface area contributed by atoms with E-state index in [0.29, 0.717) is 16.6 Å². The predicted octanol–water partition coefficient (Wildman–Crippen LogP) is 2.59. The van der Waals surface area contributed by atoms with E-state index in [1.165, 1.54) is 0 Å². The molecule has 2 atom stereocenters. The molecule has 78 valence electrons. The molecule has 4 N–H and O–H groups in total. The third kappa shape index (κ3) is 2.61. The number of halogens is 2. The van der Waals surface area contributed by atoms with Gasteiger partial charge in [-0.1, -0.05) is 36.2 Å². The van der Waals surface area contributed by atoms with Gasteiger partial charge in [0.25, 0.3) is 0 Å². The maximum atomic E-state index is 5.99. The largest absolute Gasteiger partial charge is 0.330 e. The zero-order chi connectivity index (χ0) is 10.7. The molecule has 2 nitrogen and oxygen atoms in total. The Morgan fingerprint density at radius 2 is 1.93 bits per heavy atom. The number of hydrogen-bond acceptors (Lipinski definition) is 2. The summed E-state index contributed by atoms with van der Waals surface area (Å²) in [6, 6.07) is 5.34. The normalized spacial score (nSPS) is 15.2. The van der Waals surface area contributed by atoms with E-state index in [1.54, 1.807) is 12.1 Å². The van der Waals surface area contributed by atoms with Crippen LogP contribution in [0.4, 0.5) is 0 Å². The number of rotatable bonds is 3. The van der Waals surface area contributed by atoms with E-state index in [2.05, 4.69) is 0 Å². The van der Waals surface area contributed by atoms with Crippen LogP contribution in [0.25, 0.3) is 0 Å². The first-order valence-corrected chi connectivity index (χ1v) is 5.22. The van der Waals surface area contributed by atoms with Gasteiger partial charge < -0.3 is 11.5 Å². The van der Waals surface area contributed by atoms with Crippen molar-refractivity contribution in [2.45, 2.75) is 13.0 Å². The molecule has 4 heteroatoms. The molecule has 0 aromatic heterocycles. The van der Waals surface area contributed by atoms with Gasteiger partial charge in [-0.25, -0.2) is 0 Å². The Balaban J connectivity index is 2.91. The summed E-state index contributed by atoms with van der Waals surface area (Å²) in [4.78, 5) is 0.